The van der Waals surface area contributed by atoms with Crippen molar-refractivity contribution in [3.05, 3.63) is 42.2 Å². The van der Waals surface area contributed by atoms with Crippen LogP contribution >= 0.6 is 0 Å². The number of nitrogens with zero attached hydrogens (tertiary/aromatic N) is 4. The van der Waals surface area contributed by atoms with Crippen LogP contribution in [0.4, 0.5) is 5.95 Å². The van der Waals surface area contributed by atoms with Gasteiger partial charge in [0, 0.05) is 31.9 Å². The fourth-order valence-corrected chi connectivity index (χ4v) is 3.42. The highest BCUT2D eigenvalue weighted by Crippen LogP contribution is 2.32. The van der Waals surface area contributed by atoms with E-state index >= 15 is 0 Å². The maximum absolute atomic E-state index is 12.7. The van der Waals surface area contributed by atoms with Crippen LogP contribution in [0.15, 0.2) is 36.7 Å². The van der Waals surface area contributed by atoms with Gasteiger partial charge in [-0.2, -0.15) is 0 Å². The Bertz CT molecular complexity index is 876. The second-order valence-electron chi connectivity index (χ2n) is 6.62. The molecule has 2 aromatic rings. The van der Waals surface area contributed by atoms with E-state index in [1.807, 2.05) is 18.2 Å². The molecular weight excluding hydrogens is 364 g/mol. The molecule has 3 heterocycles. The summed E-state index contributed by atoms with van der Waals surface area (Å²) in [5.74, 6) is 0.627. The molecule has 0 bridgehead atoms. The molecule has 1 aromatic carbocycles. The van der Waals surface area contributed by atoms with Crippen molar-refractivity contribution in [3.63, 3.8) is 0 Å². The lowest BCUT2D eigenvalue weighted by Gasteiger charge is -2.39. The van der Waals surface area contributed by atoms with Gasteiger partial charge in [-0.3, -0.25) is 4.79 Å². The number of hydrogen-bond donors (Lipinski definition) is 1. The summed E-state index contributed by atoms with van der Waals surface area (Å²) in [7, 11) is 0. The predicted molar refractivity (Wildman–Crippen MR) is 98.3 cm³/mol. The topological polar surface area (TPSA) is 105 Å². The molecule has 0 radical (unpaired) electrons. The largest absolute Gasteiger partial charge is 0.480 e. The van der Waals surface area contributed by atoms with Crippen LogP contribution in [-0.4, -0.2) is 64.3 Å². The molecule has 146 valence electrons. The van der Waals surface area contributed by atoms with Gasteiger partial charge in [-0.05, 0) is 30.2 Å². The maximum atomic E-state index is 12.7. The van der Waals surface area contributed by atoms with E-state index in [2.05, 4.69) is 9.97 Å². The molecule has 2 aliphatic heterocycles. The van der Waals surface area contributed by atoms with Gasteiger partial charge in [0.15, 0.2) is 11.5 Å². The minimum atomic E-state index is -1.03. The van der Waals surface area contributed by atoms with Crippen molar-refractivity contribution < 1.29 is 24.2 Å². The first-order chi connectivity index (χ1) is 13.6. The second kappa shape index (κ2) is 7.71. The summed E-state index contributed by atoms with van der Waals surface area (Å²) < 4.78 is 10.6. The third kappa shape index (κ3) is 3.68. The minimum absolute atomic E-state index is 0.162. The van der Waals surface area contributed by atoms with Crippen molar-refractivity contribution in [2.75, 3.05) is 31.3 Å². The van der Waals surface area contributed by atoms with E-state index in [1.54, 1.807) is 23.4 Å². The zero-order valence-corrected chi connectivity index (χ0v) is 15.2. The number of aromatic nitrogens is 2. The highest BCUT2D eigenvalue weighted by molar-refractivity contribution is 5.84. The van der Waals surface area contributed by atoms with E-state index in [0.717, 1.165) is 5.56 Å². The maximum Gasteiger partial charge on any atom is 0.328 e. The van der Waals surface area contributed by atoms with Crippen LogP contribution in [0, 0.1) is 0 Å². The fourth-order valence-electron chi connectivity index (χ4n) is 3.42. The van der Waals surface area contributed by atoms with Gasteiger partial charge in [-0.15, -0.1) is 0 Å². The van der Waals surface area contributed by atoms with Gasteiger partial charge < -0.3 is 24.4 Å². The number of piperazine rings is 1. The molecule has 1 N–H and O–H groups in total. The van der Waals surface area contributed by atoms with Gasteiger partial charge in [0.05, 0.1) is 6.54 Å². The molecule has 0 aliphatic carbocycles. The lowest BCUT2D eigenvalue weighted by molar-refractivity contribution is -0.150. The minimum Gasteiger partial charge on any atom is -0.480 e. The zero-order valence-electron chi connectivity index (χ0n) is 15.2. The molecule has 0 unspecified atom stereocenters. The Labute approximate surface area is 161 Å². The highest BCUT2D eigenvalue weighted by Gasteiger charge is 2.35. The van der Waals surface area contributed by atoms with Crippen molar-refractivity contribution in [2.45, 2.75) is 18.9 Å². The van der Waals surface area contributed by atoms with Crippen LogP contribution in [0.2, 0.25) is 0 Å². The van der Waals surface area contributed by atoms with Crippen LogP contribution in [0.1, 0.15) is 12.0 Å². The smallest absolute Gasteiger partial charge is 0.328 e. The number of hydrogen-bond acceptors (Lipinski definition) is 7. The van der Waals surface area contributed by atoms with Gasteiger partial charge in [-0.1, -0.05) is 6.07 Å². The molecule has 1 atom stereocenters. The number of carbonyl (C=O) groups excluding carboxylic acids is 1. The van der Waals surface area contributed by atoms with Gasteiger partial charge in [0.2, 0.25) is 18.6 Å². The number of fused-ring (bicyclic) bond motifs is 1. The molecule has 1 fully saturated rings. The molecule has 1 amide bonds. The average Bonchev–Trinajstić information content (AvgIpc) is 3.20. The molecule has 0 spiro atoms. The zero-order chi connectivity index (χ0) is 19.5. The summed E-state index contributed by atoms with van der Waals surface area (Å²) in [4.78, 5) is 36.0. The van der Waals surface area contributed by atoms with Crippen LogP contribution in [0.3, 0.4) is 0 Å². The fraction of sp³-hybridized carbons (Fsp3) is 0.368. The number of carboxylic acids is 1. The molecule has 9 heteroatoms. The molecule has 9 nitrogen and oxygen atoms in total. The van der Waals surface area contributed by atoms with E-state index in [-0.39, 0.29) is 25.7 Å². The van der Waals surface area contributed by atoms with Gasteiger partial charge >= 0.3 is 5.97 Å². The first-order valence-electron chi connectivity index (χ1n) is 9.04. The SMILES string of the molecule is O=C(O)[C@H]1CN(c2ncccn2)CCN1C(=O)CCc1ccc2c(c1)OCO2. The molecule has 28 heavy (non-hydrogen) atoms. The number of carboxylic acid groups (broad SMARTS) is 1. The Morgan fingerprint density at radius 3 is 2.71 bits per heavy atom. The van der Waals surface area contributed by atoms with Crippen molar-refractivity contribution in [1.29, 1.82) is 0 Å². The van der Waals surface area contributed by atoms with Gasteiger partial charge in [0.25, 0.3) is 0 Å². The van der Waals surface area contributed by atoms with Gasteiger partial charge in [-0.25, -0.2) is 14.8 Å². The number of rotatable bonds is 5. The third-order valence-electron chi connectivity index (χ3n) is 4.89. The Kier molecular flexibility index (Phi) is 4.96. The van der Waals surface area contributed by atoms with Crippen LogP contribution in [-0.2, 0) is 16.0 Å². The van der Waals surface area contributed by atoms with E-state index in [9.17, 15) is 14.7 Å². The number of ether oxygens (including phenoxy) is 2. The van der Waals surface area contributed by atoms with Gasteiger partial charge in [0.1, 0.15) is 6.04 Å². The Balaban J connectivity index is 1.40. The molecular formula is C19H20N4O5. The predicted octanol–water partition coefficient (Wildman–Crippen LogP) is 0.940. The summed E-state index contributed by atoms with van der Waals surface area (Å²) in [6, 6.07) is 6.34. The van der Waals surface area contributed by atoms with Crippen molar-refractivity contribution in [3.8, 4) is 11.5 Å². The number of benzene rings is 1. The number of amides is 1. The summed E-state index contributed by atoms with van der Waals surface area (Å²) in [6.07, 6.45) is 3.96. The average molecular weight is 384 g/mol. The van der Waals surface area contributed by atoms with E-state index in [4.69, 9.17) is 9.47 Å². The van der Waals surface area contributed by atoms with Crippen molar-refractivity contribution >= 4 is 17.8 Å². The van der Waals surface area contributed by atoms with Crippen LogP contribution in [0.25, 0.3) is 0 Å². The molecule has 4 rings (SSSR count). The van der Waals surface area contributed by atoms with Crippen molar-refractivity contribution in [2.24, 2.45) is 0 Å². The summed E-state index contributed by atoms with van der Waals surface area (Å²) >= 11 is 0. The van der Waals surface area contributed by atoms with E-state index in [1.165, 1.54) is 4.90 Å². The lowest BCUT2D eigenvalue weighted by Crippen LogP contribution is -2.58. The Morgan fingerprint density at radius 2 is 1.93 bits per heavy atom. The Morgan fingerprint density at radius 1 is 1.14 bits per heavy atom. The molecule has 1 aromatic heterocycles. The first kappa shape index (κ1) is 18.0. The third-order valence-corrected chi connectivity index (χ3v) is 4.89. The number of aliphatic carboxylic acids is 1. The van der Waals surface area contributed by atoms with Crippen molar-refractivity contribution in [1.82, 2.24) is 14.9 Å². The number of carbonyl (C=O) groups is 2. The molecule has 2 aliphatic rings. The normalized spacial score (nSPS) is 18.2. The molecule has 1 saturated heterocycles. The van der Waals surface area contributed by atoms with Crippen LogP contribution < -0.4 is 14.4 Å². The second-order valence-corrected chi connectivity index (χ2v) is 6.62. The van der Waals surface area contributed by atoms with E-state index < -0.39 is 12.0 Å². The highest BCUT2D eigenvalue weighted by atomic mass is 16.7. The Hall–Kier alpha value is -3.36. The number of anilines is 1. The van der Waals surface area contributed by atoms with Crippen LogP contribution in [0.5, 0.6) is 11.5 Å². The summed E-state index contributed by atoms with van der Waals surface area (Å²) in [5, 5.41) is 9.62. The monoisotopic (exact) mass is 384 g/mol. The summed E-state index contributed by atoms with van der Waals surface area (Å²) in [6.45, 7) is 1.17. The lowest BCUT2D eigenvalue weighted by atomic mass is 10.1. The number of aryl methyl sites for hydroxylation is 1. The standard InChI is InChI=1S/C19H20N4O5/c24-17(5-3-13-2-4-15-16(10-13)28-12-27-15)23-9-8-22(11-14(23)18(25)26)19-20-6-1-7-21-19/h1-2,4,6-7,10,14H,3,5,8-9,11-12H2,(H,25,26)/t14-/m1/s1. The first-order valence-corrected chi connectivity index (χ1v) is 9.04. The van der Waals surface area contributed by atoms with E-state index in [0.29, 0.717) is 37.0 Å². The summed E-state index contributed by atoms with van der Waals surface area (Å²) in [5.41, 5.74) is 0.945. The quantitative estimate of drug-likeness (QED) is 0.812. The molecule has 0 saturated carbocycles.